The van der Waals surface area contributed by atoms with Crippen molar-refractivity contribution in [3.63, 3.8) is 0 Å². The number of amides is 2. The highest BCUT2D eigenvalue weighted by Crippen LogP contribution is 2.48. The maximum atomic E-state index is 13.3. The third kappa shape index (κ3) is 3.50. The Labute approximate surface area is 162 Å². The fourth-order valence-electron chi connectivity index (χ4n) is 3.64. The lowest BCUT2D eigenvalue weighted by Gasteiger charge is -2.10. The SMILES string of the molecule is N#CC1(c2cc(CCC(=O)NC3CCNC3=O)c(-c3ccc(F)cc3)[nH]2)CC1. The second-order valence-electron chi connectivity index (χ2n) is 7.48. The summed E-state index contributed by atoms with van der Waals surface area (Å²) in [6, 6.07) is 10.0. The van der Waals surface area contributed by atoms with Gasteiger partial charge in [0.25, 0.3) is 0 Å². The molecule has 3 N–H and O–H groups in total. The topological polar surface area (TPSA) is 97.8 Å². The highest BCUT2D eigenvalue weighted by molar-refractivity contribution is 5.89. The summed E-state index contributed by atoms with van der Waals surface area (Å²) < 4.78 is 13.3. The van der Waals surface area contributed by atoms with Gasteiger partial charge in [-0.2, -0.15) is 5.26 Å². The Bertz CT molecular complexity index is 954. The number of carbonyl (C=O) groups is 2. The first-order valence-corrected chi connectivity index (χ1v) is 9.47. The van der Waals surface area contributed by atoms with Gasteiger partial charge in [-0.25, -0.2) is 4.39 Å². The molecule has 144 valence electrons. The maximum Gasteiger partial charge on any atom is 0.242 e. The second kappa shape index (κ2) is 7.12. The molecule has 0 radical (unpaired) electrons. The monoisotopic (exact) mass is 380 g/mol. The van der Waals surface area contributed by atoms with Crippen LogP contribution in [0.2, 0.25) is 0 Å². The van der Waals surface area contributed by atoms with Crippen LogP contribution >= 0.6 is 0 Å². The van der Waals surface area contributed by atoms with Crippen LogP contribution in [0.5, 0.6) is 0 Å². The lowest BCUT2D eigenvalue weighted by atomic mass is 10.0. The Kier molecular flexibility index (Phi) is 4.63. The summed E-state index contributed by atoms with van der Waals surface area (Å²) in [4.78, 5) is 27.2. The van der Waals surface area contributed by atoms with Gasteiger partial charge in [-0.05, 0) is 67.1 Å². The zero-order valence-corrected chi connectivity index (χ0v) is 15.3. The van der Waals surface area contributed by atoms with Crippen molar-refractivity contribution in [3.8, 4) is 17.3 Å². The molecule has 0 bridgehead atoms. The van der Waals surface area contributed by atoms with E-state index in [2.05, 4.69) is 21.7 Å². The van der Waals surface area contributed by atoms with Crippen LogP contribution in [0.3, 0.4) is 0 Å². The van der Waals surface area contributed by atoms with Crippen LogP contribution in [-0.4, -0.2) is 29.4 Å². The minimum Gasteiger partial charge on any atom is -0.357 e. The minimum atomic E-state index is -0.475. The molecule has 2 heterocycles. The number of hydrogen-bond acceptors (Lipinski definition) is 3. The molecule has 2 fully saturated rings. The van der Waals surface area contributed by atoms with E-state index in [1.165, 1.54) is 12.1 Å². The molecule has 1 unspecified atom stereocenters. The van der Waals surface area contributed by atoms with Gasteiger partial charge in [0.2, 0.25) is 11.8 Å². The summed E-state index contributed by atoms with van der Waals surface area (Å²) in [6.07, 6.45) is 2.91. The number of nitriles is 1. The number of aromatic nitrogens is 1. The molecule has 2 aliphatic rings. The number of benzene rings is 1. The van der Waals surface area contributed by atoms with Crippen LogP contribution in [0.1, 0.15) is 36.9 Å². The molecule has 0 spiro atoms. The number of nitrogens with zero attached hydrogens (tertiary/aromatic N) is 1. The predicted molar refractivity (Wildman–Crippen MR) is 101 cm³/mol. The van der Waals surface area contributed by atoms with Crippen molar-refractivity contribution in [2.75, 3.05) is 6.54 Å². The Morgan fingerprint density at radius 3 is 2.68 bits per heavy atom. The molecule has 6 nitrogen and oxygen atoms in total. The molecule has 2 aromatic rings. The average molecular weight is 380 g/mol. The van der Waals surface area contributed by atoms with Crippen LogP contribution in [-0.2, 0) is 21.4 Å². The summed E-state index contributed by atoms with van der Waals surface area (Å²) in [5.74, 6) is -0.646. The van der Waals surface area contributed by atoms with E-state index in [1.807, 2.05) is 6.07 Å². The van der Waals surface area contributed by atoms with E-state index < -0.39 is 11.5 Å². The van der Waals surface area contributed by atoms with Gasteiger partial charge in [0, 0.05) is 24.4 Å². The van der Waals surface area contributed by atoms with Crippen molar-refractivity contribution in [2.45, 2.75) is 43.6 Å². The molecule has 1 aromatic carbocycles. The largest absolute Gasteiger partial charge is 0.357 e. The Morgan fingerprint density at radius 2 is 2.07 bits per heavy atom. The number of halogens is 1. The van der Waals surface area contributed by atoms with E-state index in [1.54, 1.807) is 12.1 Å². The van der Waals surface area contributed by atoms with Crippen molar-refractivity contribution in [2.24, 2.45) is 0 Å². The Balaban J connectivity index is 1.53. The molecular formula is C21H21FN4O2. The molecule has 4 rings (SSSR count). The lowest BCUT2D eigenvalue weighted by molar-refractivity contribution is -0.127. The third-order valence-electron chi connectivity index (χ3n) is 5.52. The number of rotatable bonds is 6. The summed E-state index contributed by atoms with van der Waals surface area (Å²) in [6.45, 7) is 0.579. The first-order chi connectivity index (χ1) is 13.5. The van der Waals surface area contributed by atoms with Crippen molar-refractivity contribution >= 4 is 11.8 Å². The van der Waals surface area contributed by atoms with Gasteiger partial charge in [-0.1, -0.05) is 0 Å². The summed E-state index contributed by atoms with van der Waals surface area (Å²) in [5.41, 5.74) is 2.90. The lowest BCUT2D eigenvalue weighted by Crippen LogP contribution is -2.40. The predicted octanol–water partition coefficient (Wildman–Crippen LogP) is 2.31. The number of hydrogen-bond donors (Lipinski definition) is 3. The number of H-pyrrole nitrogens is 1. The molecule has 1 atom stereocenters. The van der Waals surface area contributed by atoms with Crippen molar-refractivity contribution in [1.29, 1.82) is 5.26 Å². The van der Waals surface area contributed by atoms with E-state index in [4.69, 9.17) is 0 Å². The molecule has 1 aliphatic heterocycles. The molecule has 1 aliphatic carbocycles. The van der Waals surface area contributed by atoms with Gasteiger partial charge in [0.15, 0.2) is 0 Å². The fraction of sp³-hybridized carbons (Fsp3) is 0.381. The van der Waals surface area contributed by atoms with E-state index in [9.17, 15) is 19.2 Å². The molecular weight excluding hydrogens is 359 g/mol. The quantitative estimate of drug-likeness (QED) is 0.717. The van der Waals surface area contributed by atoms with Crippen LogP contribution in [0.4, 0.5) is 4.39 Å². The highest BCUT2D eigenvalue weighted by Gasteiger charge is 2.46. The van der Waals surface area contributed by atoms with Gasteiger partial charge in [0.05, 0.1) is 11.5 Å². The fourth-order valence-corrected chi connectivity index (χ4v) is 3.64. The third-order valence-corrected chi connectivity index (χ3v) is 5.52. The van der Waals surface area contributed by atoms with E-state index >= 15 is 0 Å². The Morgan fingerprint density at radius 1 is 1.32 bits per heavy atom. The second-order valence-corrected chi connectivity index (χ2v) is 7.48. The molecule has 28 heavy (non-hydrogen) atoms. The number of aromatic amines is 1. The summed E-state index contributed by atoms with van der Waals surface area (Å²) in [7, 11) is 0. The summed E-state index contributed by atoms with van der Waals surface area (Å²) in [5, 5.41) is 15.0. The normalized spacial score (nSPS) is 19.7. The minimum absolute atomic E-state index is 0.144. The highest BCUT2D eigenvalue weighted by atomic mass is 19.1. The molecule has 1 saturated heterocycles. The van der Waals surface area contributed by atoms with Crippen molar-refractivity contribution < 1.29 is 14.0 Å². The van der Waals surface area contributed by atoms with Gasteiger partial charge in [0.1, 0.15) is 11.9 Å². The zero-order valence-electron chi connectivity index (χ0n) is 15.3. The Hall–Kier alpha value is -3.14. The molecule has 1 aromatic heterocycles. The van der Waals surface area contributed by atoms with Gasteiger partial charge in [-0.15, -0.1) is 0 Å². The van der Waals surface area contributed by atoms with Crippen molar-refractivity contribution in [3.05, 3.63) is 47.4 Å². The number of nitrogens with one attached hydrogen (secondary N) is 3. The van der Waals surface area contributed by atoms with Crippen LogP contribution < -0.4 is 10.6 Å². The molecule has 2 amide bonds. The first kappa shape index (κ1) is 18.2. The number of aryl methyl sites for hydroxylation is 1. The molecule has 1 saturated carbocycles. The van der Waals surface area contributed by atoms with E-state index in [-0.39, 0.29) is 24.1 Å². The maximum absolute atomic E-state index is 13.3. The zero-order chi connectivity index (χ0) is 19.7. The van der Waals surface area contributed by atoms with Crippen molar-refractivity contribution in [1.82, 2.24) is 15.6 Å². The van der Waals surface area contributed by atoms with Crippen LogP contribution in [0.15, 0.2) is 30.3 Å². The van der Waals surface area contributed by atoms with Gasteiger partial charge < -0.3 is 15.6 Å². The van der Waals surface area contributed by atoms with E-state index in [0.29, 0.717) is 19.4 Å². The standard InChI is InChI=1S/C21H21FN4O2/c22-15-4-1-13(2-5-15)19-14(11-17(26-19)21(12-23)8-9-21)3-6-18(27)25-16-7-10-24-20(16)28/h1-2,4-5,11,16,26H,3,6-10H2,(H,24,28)(H,25,27). The van der Waals surface area contributed by atoms with Gasteiger partial charge in [-0.3, -0.25) is 9.59 Å². The van der Waals surface area contributed by atoms with Crippen LogP contribution in [0.25, 0.3) is 11.3 Å². The number of carbonyl (C=O) groups excluding carboxylic acids is 2. The van der Waals surface area contributed by atoms with E-state index in [0.717, 1.165) is 35.4 Å². The smallest absolute Gasteiger partial charge is 0.242 e. The van der Waals surface area contributed by atoms with Crippen LogP contribution in [0, 0.1) is 17.1 Å². The molecule has 7 heteroatoms. The van der Waals surface area contributed by atoms with Gasteiger partial charge >= 0.3 is 0 Å². The summed E-state index contributed by atoms with van der Waals surface area (Å²) >= 11 is 0. The average Bonchev–Trinajstić information content (AvgIpc) is 3.22. The first-order valence-electron chi connectivity index (χ1n) is 9.47.